The van der Waals surface area contributed by atoms with Crippen molar-refractivity contribution in [2.45, 2.75) is 51.2 Å². The smallest absolute Gasteiger partial charge is 0.317 e. The van der Waals surface area contributed by atoms with Gasteiger partial charge in [0, 0.05) is 25.6 Å². The van der Waals surface area contributed by atoms with Crippen LogP contribution >= 0.6 is 0 Å². The maximum atomic E-state index is 12.5. The normalized spacial score (nSPS) is 17.8. The van der Waals surface area contributed by atoms with E-state index in [0.717, 1.165) is 18.4 Å². The van der Waals surface area contributed by atoms with E-state index in [4.69, 9.17) is 5.11 Å². The number of likely N-dealkylation sites (tertiary alicyclic amines) is 1. The second-order valence-electron chi connectivity index (χ2n) is 6.83. The van der Waals surface area contributed by atoms with Gasteiger partial charge in [-0.15, -0.1) is 0 Å². The number of nitrogens with one attached hydrogen (secondary N) is 1. The average molecular weight is 348 g/mol. The largest absolute Gasteiger partial charge is 0.481 e. The van der Waals surface area contributed by atoms with Gasteiger partial charge in [0.1, 0.15) is 0 Å². The van der Waals surface area contributed by atoms with Crippen molar-refractivity contribution in [2.75, 3.05) is 13.1 Å². The van der Waals surface area contributed by atoms with Crippen LogP contribution in [0.2, 0.25) is 0 Å². The quantitative estimate of drug-likeness (QED) is 0.705. The summed E-state index contributed by atoms with van der Waals surface area (Å²) >= 11 is 0. The predicted octanol–water partition coefficient (Wildman–Crippen LogP) is 2.26. The zero-order chi connectivity index (χ0) is 18.2. The van der Waals surface area contributed by atoms with Gasteiger partial charge in [-0.2, -0.15) is 0 Å². The first-order valence-corrected chi connectivity index (χ1v) is 8.95. The molecule has 2 unspecified atom stereocenters. The molecule has 1 aromatic rings. The summed E-state index contributed by atoms with van der Waals surface area (Å²) in [6, 6.07) is 9.41. The van der Waals surface area contributed by atoms with Crippen molar-refractivity contribution in [2.24, 2.45) is 5.92 Å². The summed E-state index contributed by atoms with van der Waals surface area (Å²) in [5, 5.41) is 21.6. The van der Waals surface area contributed by atoms with Crippen molar-refractivity contribution in [1.29, 1.82) is 0 Å². The minimum Gasteiger partial charge on any atom is -0.481 e. The molecular weight excluding hydrogens is 320 g/mol. The molecule has 1 aliphatic rings. The molecule has 2 amide bonds. The summed E-state index contributed by atoms with van der Waals surface area (Å²) in [6.45, 7) is 3.04. The summed E-state index contributed by atoms with van der Waals surface area (Å²) in [5.41, 5.74) is 1.08. The van der Waals surface area contributed by atoms with E-state index in [-0.39, 0.29) is 30.5 Å². The van der Waals surface area contributed by atoms with Gasteiger partial charge in [-0.05, 0) is 44.1 Å². The van der Waals surface area contributed by atoms with Crippen LogP contribution in [0.3, 0.4) is 0 Å². The summed E-state index contributed by atoms with van der Waals surface area (Å²) in [4.78, 5) is 25.2. The molecule has 25 heavy (non-hydrogen) atoms. The van der Waals surface area contributed by atoms with E-state index < -0.39 is 5.97 Å². The summed E-state index contributed by atoms with van der Waals surface area (Å²) in [5.74, 6) is -0.610. The van der Waals surface area contributed by atoms with Crippen molar-refractivity contribution in [1.82, 2.24) is 10.2 Å². The van der Waals surface area contributed by atoms with Crippen molar-refractivity contribution in [3.05, 3.63) is 35.9 Å². The Bertz CT molecular complexity index is 554. The minimum absolute atomic E-state index is 0.0296. The summed E-state index contributed by atoms with van der Waals surface area (Å²) in [6.07, 6.45) is 2.30. The molecule has 1 fully saturated rings. The third-order valence-electron chi connectivity index (χ3n) is 4.87. The van der Waals surface area contributed by atoms with Crippen molar-refractivity contribution < 1.29 is 19.8 Å². The molecular formula is C19H28N2O4. The van der Waals surface area contributed by atoms with Crippen LogP contribution in [0.15, 0.2) is 30.3 Å². The number of amides is 2. The molecule has 138 valence electrons. The second kappa shape index (κ2) is 9.42. The predicted molar refractivity (Wildman–Crippen MR) is 95.3 cm³/mol. The van der Waals surface area contributed by atoms with E-state index in [0.29, 0.717) is 25.9 Å². The van der Waals surface area contributed by atoms with E-state index in [1.807, 2.05) is 30.3 Å². The number of carboxylic acid groups (broad SMARTS) is 1. The van der Waals surface area contributed by atoms with E-state index >= 15 is 0 Å². The third-order valence-corrected chi connectivity index (χ3v) is 4.87. The Morgan fingerprint density at radius 3 is 2.44 bits per heavy atom. The van der Waals surface area contributed by atoms with Crippen LogP contribution in [0.5, 0.6) is 0 Å². The highest BCUT2D eigenvalue weighted by Crippen LogP contribution is 2.20. The molecule has 0 aliphatic carbocycles. The molecule has 1 saturated heterocycles. The number of carboxylic acids is 1. The van der Waals surface area contributed by atoms with Crippen LogP contribution in [0.4, 0.5) is 4.79 Å². The fraction of sp³-hybridized carbons (Fsp3) is 0.579. The molecule has 6 heteroatoms. The van der Waals surface area contributed by atoms with Crippen LogP contribution in [0, 0.1) is 5.92 Å². The highest BCUT2D eigenvalue weighted by Gasteiger charge is 2.26. The molecule has 1 aromatic carbocycles. The lowest BCUT2D eigenvalue weighted by molar-refractivity contribution is -0.137. The van der Waals surface area contributed by atoms with E-state index in [2.05, 4.69) is 5.32 Å². The highest BCUT2D eigenvalue weighted by atomic mass is 16.4. The lowest BCUT2D eigenvalue weighted by Gasteiger charge is -2.34. The van der Waals surface area contributed by atoms with Gasteiger partial charge in [-0.1, -0.05) is 30.3 Å². The minimum atomic E-state index is -0.856. The van der Waals surface area contributed by atoms with Crippen molar-refractivity contribution in [3.8, 4) is 0 Å². The maximum absolute atomic E-state index is 12.5. The van der Waals surface area contributed by atoms with Crippen LogP contribution in [-0.2, 0) is 11.2 Å². The number of urea groups is 1. The maximum Gasteiger partial charge on any atom is 0.317 e. The van der Waals surface area contributed by atoms with Gasteiger partial charge in [0.15, 0.2) is 0 Å². The number of hydrogen-bond donors (Lipinski definition) is 3. The van der Waals surface area contributed by atoms with Crippen LogP contribution in [0.25, 0.3) is 0 Å². The number of nitrogens with zero attached hydrogens (tertiary/aromatic N) is 1. The van der Waals surface area contributed by atoms with Gasteiger partial charge in [0.2, 0.25) is 0 Å². The molecule has 2 atom stereocenters. The number of aliphatic hydroxyl groups excluding tert-OH is 1. The molecule has 1 heterocycles. The SMILES string of the molecule is CC(O)C1CCN(C(=O)NC(CCC(=O)O)Cc2ccccc2)CC1. The second-order valence-corrected chi connectivity index (χ2v) is 6.83. The number of benzene rings is 1. The highest BCUT2D eigenvalue weighted by molar-refractivity contribution is 5.74. The number of aliphatic hydroxyl groups is 1. The molecule has 0 bridgehead atoms. The van der Waals surface area contributed by atoms with E-state index in [1.165, 1.54) is 0 Å². The lowest BCUT2D eigenvalue weighted by atomic mass is 9.92. The Morgan fingerprint density at radius 2 is 1.88 bits per heavy atom. The van der Waals surface area contributed by atoms with Gasteiger partial charge in [-0.25, -0.2) is 4.79 Å². The number of aliphatic carboxylic acids is 1. The molecule has 0 spiro atoms. The molecule has 0 radical (unpaired) electrons. The molecule has 0 aromatic heterocycles. The summed E-state index contributed by atoms with van der Waals surface area (Å²) < 4.78 is 0. The fourth-order valence-electron chi connectivity index (χ4n) is 3.27. The molecule has 1 aliphatic heterocycles. The first kappa shape index (κ1) is 19.2. The monoisotopic (exact) mass is 348 g/mol. The standard InChI is InChI=1S/C19H28N2O4/c1-14(22)16-9-11-21(12-10-16)19(25)20-17(7-8-18(23)24)13-15-5-3-2-4-6-15/h2-6,14,16-17,22H,7-13H2,1H3,(H,20,25)(H,23,24). The number of piperidine rings is 1. The average Bonchev–Trinajstić information content (AvgIpc) is 2.60. The van der Waals surface area contributed by atoms with Gasteiger partial charge in [-0.3, -0.25) is 4.79 Å². The Balaban J connectivity index is 1.91. The van der Waals surface area contributed by atoms with Crippen molar-refractivity contribution >= 4 is 12.0 Å². The molecule has 2 rings (SSSR count). The topological polar surface area (TPSA) is 89.9 Å². The molecule has 6 nitrogen and oxygen atoms in total. The Morgan fingerprint density at radius 1 is 1.24 bits per heavy atom. The number of hydrogen-bond acceptors (Lipinski definition) is 3. The first-order valence-electron chi connectivity index (χ1n) is 8.95. The lowest BCUT2D eigenvalue weighted by Crippen LogP contribution is -2.49. The van der Waals surface area contributed by atoms with Gasteiger partial charge >= 0.3 is 12.0 Å². The molecule has 3 N–H and O–H groups in total. The van der Waals surface area contributed by atoms with Gasteiger partial charge < -0.3 is 20.4 Å². The summed E-state index contributed by atoms with van der Waals surface area (Å²) in [7, 11) is 0. The van der Waals surface area contributed by atoms with Gasteiger partial charge in [0.25, 0.3) is 0 Å². The number of carbonyl (C=O) groups is 2. The van der Waals surface area contributed by atoms with Crippen molar-refractivity contribution in [3.63, 3.8) is 0 Å². The molecule has 0 saturated carbocycles. The van der Waals surface area contributed by atoms with E-state index in [9.17, 15) is 14.7 Å². The zero-order valence-corrected chi connectivity index (χ0v) is 14.7. The van der Waals surface area contributed by atoms with Crippen LogP contribution in [-0.4, -0.2) is 52.3 Å². The van der Waals surface area contributed by atoms with E-state index in [1.54, 1.807) is 11.8 Å². The van der Waals surface area contributed by atoms with Crippen LogP contribution in [0.1, 0.15) is 38.2 Å². The Hall–Kier alpha value is -2.08. The number of rotatable bonds is 7. The third kappa shape index (κ3) is 6.38. The zero-order valence-electron chi connectivity index (χ0n) is 14.7. The fourth-order valence-corrected chi connectivity index (χ4v) is 3.27. The Labute approximate surface area is 148 Å². The number of carbonyl (C=O) groups excluding carboxylic acids is 1. The Kier molecular flexibility index (Phi) is 7.25. The first-order chi connectivity index (χ1) is 12.0. The van der Waals surface area contributed by atoms with Gasteiger partial charge in [0.05, 0.1) is 6.10 Å². The van der Waals surface area contributed by atoms with Crippen LogP contribution < -0.4 is 5.32 Å².